The Morgan fingerprint density at radius 3 is 2.46 bits per heavy atom. The molecule has 4 aromatic rings. The summed E-state index contributed by atoms with van der Waals surface area (Å²) in [7, 11) is 0. The fourth-order valence-electron chi connectivity index (χ4n) is 5.38. The number of aliphatic hydroxyl groups excluding tert-OH is 1. The molecule has 1 aliphatic heterocycles. The highest BCUT2D eigenvalue weighted by atomic mass is 19.1. The number of rotatable bonds is 1. The number of para-hydroxylation sites is 1. The van der Waals surface area contributed by atoms with E-state index in [1.54, 1.807) is 19.1 Å². The Morgan fingerprint density at radius 1 is 0.943 bits per heavy atom. The highest BCUT2D eigenvalue weighted by Gasteiger charge is 2.40. The molecule has 0 aliphatic carbocycles. The zero-order valence-electron chi connectivity index (χ0n) is 21.1. The van der Waals surface area contributed by atoms with Gasteiger partial charge in [-0.1, -0.05) is 49.1 Å². The second kappa shape index (κ2) is 8.29. The zero-order valence-corrected chi connectivity index (χ0v) is 21.1. The predicted octanol–water partition coefficient (Wildman–Crippen LogP) is 6.97. The summed E-state index contributed by atoms with van der Waals surface area (Å²) in [5.74, 6) is 6.01. The summed E-state index contributed by atoms with van der Waals surface area (Å²) in [5.41, 5.74) is 8.60. The summed E-state index contributed by atoms with van der Waals surface area (Å²) < 4.78 is 14.8. The molecule has 3 N–H and O–H groups in total. The number of hydrogen-bond acceptors (Lipinski definition) is 2. The van der Waals surface area contributed by atoms with Crippen molar-refractivity contribution in [1.29, 1.82) is 0 Å². The summed E-state index contributed by atoms with van der Waals surface area (Å²) in [6.45, 7) is 12.0. The van der Waals surface area contributed by atoms with E-state index in [2.05, 4.69) is 60.3 Å². The first-order valence-corrected chi connectivity index (χ1v) is 12.1. The van der Waals surface area contributed by atoms with Crippen LogP contribution in [-0.4, -0.2) is 21.7 Å². The number of benzene rings is 3. The average molecular weight is 467 g/mol. The third-order valence-corrected chi connectivity index (χ3v) is 7.41. The van der Waals surface area contributed by atoms with Crippen LogP contribution in [0.1, 0.15) is 60.1 Å². The van der Waals surface area contributed by atoms with Crippen LogP contribution >= 0.6 is 0 Å². The normalized spacial score (nSPS) is 18.5. The van der Waals surface area contributed by atoms with Gasteiger partial charge >= 0.3 is 0 Å². The Labute approximate surface area is 206 Å². The molecule has 4 heteroatoms. The maximum absolute atomic E-state index is 14.8. The standard InChI is InChI=1S/C31H31FN2O/c1-17-9-7-10-21(27(17)32)13-14-23-25(24-12-8-11-22-19(3)16-33-29(22)24)15-18(2)28-26(23)20(4)30(35)31(5,6)34-28/h7-12,15-16,20,30,33-35H,1-6H3/t20-,30+/m0/s1. The first-order valence-electron chi connectivity index (χ1n) is 12.1. The molecular weight excluding hydrogens is 435 g/mol. The Hall–Kier alpha value is -3.55. The third-order valence-electron chi connectivity index (χ3n) is 7.41. The molecule has 35 heavy (non-hydrogen) atoms. The largest absolute Gasteiger partial charge is 0.390 e. The van der Waals surface area contributed by atoms with Gasteiger partial charge in [0.1, 0.15) is 5.82 Å². The first-order chi connectivity index (χ1) is 16.6. The van der Waals surface area contributed by atoms with E-state index in [4.69, 9.17) is 0 Å². The van der Waals surface area contributed by atoms with Gasteiger partial charge in [-0.25, -0.2) is 4.39 Å². The Morgan fingerprint density at radius 2 is 1.69 bits per heavy atom. The number of aromatic nitrogens is 1. The summed E-state index contributed by atoms with van der Waals surface area (Å²) >= 11 is 0. The molecule has 0 fully saturated rings. The number of aromatic amines is 1. The fraction of sp³-hybridized carbons (Fsp3) is 0.290. The van der Waals surface area contributed by atoms with Gasteiger partial charge in [-0.15, -0.1) is 0 Å². The van der Waals surface area contributed by atoms with Crippen LogP contribution in [0, 0.1) is 38.4 Å². The van der Waals surface area contributed by atoms with Crippen molar-refractivity contribution in [2.45, 2.75) is 59.1 Å². The molecule has 178 valence electrons. The first kappa shape index (κ1) is 23.2. The summed E-state index contributed by atoms with van der Waals surface area (Å²) in [5, 5.41) is 15.9. The quantitative estimate of drug-likeness (QED) is 0.265. The van der Waals surface area contributed by atoms with Gasteiger partial charge in [0, 0.05) is 39.9 Å². The number of nitrogens with one attached hydrogen (secondary N) is 2. The minimum Gasteiger partial charge on any atom is -0.390 e. The maximum Gasteiger partial charge on any atom is 0.141 e. The van der Waals surface area contributed by atoms with Crippen molar-refractivity contribution < 1.29 is 9.50 Å². The van der Waals surface area contributed by atoms with Crippen LogP contribution in [0.4, 0.5) is 10.1 Å². The lowest BCUT2D eigenvalue weighted by atomic mass is 9.75. The Kier molecular flexibility index (Phi) is 5.49. The van der Waals surface area contributed by atoms with Gasteiger partial charge in [-0.05, 0) is 69.0 Å². The summed E-state index contributed by atoms with van der Waals surface area (Å²) in [6.07, 6.45) is 1.41. The van der Waals surface area contributed by atoms with E-state index in [9.17, 15) is 9.50 Å². The molecule has 0 saturated carbocycles. The van der Waals surface area contributed by atoms with Gasteiger partial charge in [0.25, 0.3) is 0 Å². The topological polar surface area (TPSA) is 48.0 Å². The number of aryl methyl sites for hydroxylation is 3. The van der Waals surface area contributed by atoms with Crippen molar-refractivity contribution in [1.82, 2.24) is 4.98 Å². The van der Waals surface area contributed by atoms with Crippen molar-refractivity contribution in [2.75, 3.05) is 5.32 Å². The van der Waals surface area contributed by atoms with Gasteiger partial charge < -0.3 is 15.4 Å². The average Bonchev–Trinajstić information content (AvgIpc) is 3.20. The van der Waals surface area contributed by atoms with Gasteiger partial charge in [0.2, 0.25) is 0 Å². The number of fused-ring (bicyclic) bond motifs is 2. The van der Waals surface area contributed by atoms with E-state index >= 15 is 0 Å². The van der Waals surface area contributed by atoms with Crippen LogP contribution < -0.4 is 5.32 Å². The molecule has 0 amide bonds. The summed E-state index contributed by atoms with van der Waals surface area (Å²) in [4.78, 5) is 3.43. The molecule has 2 atom stereocenters. The predicted molar refractivity (Wildman–Crippen MR) is 142 cm³/mol. The molecule has 3 aromatic carbocycles. The molecule has 2 heterocycles. The smallest absolute Gasteiger partial charge is 0.141 e. The lowest BCUT2D eigenvalue weighted by Gasteiger charge is -2.43. The molecular formula is C31H31FN2O. The molecule has 1 aromatic heterocycles. The van der Waals surface area contributed by atoms with Crippen molar-refractivity contribution in [2.24, 2.45) is 0 Å². The third kappa shape index (κ3) is 3.72. The van der Waals surface area contributed by atoms with E-state index in [0.29, 0.717) is 11.1 Å². The second-order valence-electron chi connectivity index (χ2n) is 10.4. The molecule has 0 unspecified atom stereocenters. The lowest BCUT2D eigenvalue weighted by Crippen LogP contribution is -2.50. The SMILES string of the molecule is Cc1cccc(C#Cc2c(-c3cccc4c(C)c[nH]c34)cc(C)c3c2[C@H](C)[C@@H](O)C(C)(C)N3)c1F. The van der Waals surface area contributed by atoms with Crippen LogP contribution in [0.25, 0.3) is 22.0 Å². The Bertz CT molecular complexity index is 1530. The maximum atomic E-state index is 14.8. The monoisotopic (exact) mass is 466 g/mol. The van der Waals surface area contributed by atoms with E-state index in [-0.39, 0.29) is 11.7 Å². The molecule has 3 nitrogen and oxygen atoms in total. The van der Waals surface area contributed by atoms with E-state index < -0.39 is 11.6 Å². The van der Waals surface area contributed by atoms with Crippen LogP contribution in [0.2, 0.25) is 0 Å². The highest BCUT2D eigenvalue weighted by Crippen LogP contribution is 2.46. The lowest BCUT2D eigenvalue weighted by molar-refractivity contribution is 0.0868. The number of hydrogen-bond donors (Lipinski definition) is 3. The minimum atomic E-state index is -0.607. The zero-order chi connectivity index (χ0) is 25.1. The van der Waals surface area contributed by atoms with Crippen molar-refractivity contribution in [3.05, 3.63) is 87.9 Å². The molecule has 1 aliphatic rings. The van der Waals surface area contributed by atoms with Crippen LogP contribution in [0.15, 0.2) is 48.7 Å². The number of aliphatic hydroxyl groups is 1. The minimum absolute atomic E-state index is 0.156. The molecule has 5 rings (SSSR count). The number of halogens is 1. The molecule has 0 spiro atoms. The second-order valence-corrected chi connectivity index (χ2v) is 10.4. The number of anilines is 1. The van der Waals surface area contributed by atoms with Crippen LogP contribution in [0.5, 0.6) is 0 Å². The van der Waals surface area contributed by atoms with Crippen LogP contribution in [0.3, 0.4) is 0 Å². The molecule has 0 bridgehead atoms. The van der Waals surface area contributed by atoms with Gasteiger partial charge in [0.05, 0.1) is 22.7 Å². The van der Waals surface area contributed by atoms with Gasteiger partial charge in [-0.3, -0.25) is 0 Å². The Balaban J connectivity index is 1.84. The van der Waals surface area contributed by atoms with E-state index in [1.165, 1.54) is 5.56 Å². The van der Waals surface area contributed by atoms with Crippen molar-refractivity contribution in [3.8, 4) is 23.0 Å². The molecule has 0 saturated heterocycles. The van der Waals surface area contributed by atoms with E-state index in [1.807, 2.05) is 33.0 Å². The van der Waals surface area contributed by atoms with Crippen LogP contribution in [-0.2, 0) is 0 Å². The van der Waals surface area contributed by atoms with Crippen molar-refractivity contribution >= 4 is 16.6 Å². The van der Waals surface area contributed by atoms with Crippen molar-refractivity contribution in [3.63, 3.8) is 0 Å². The fourth-order valence-corrected chi connectivity index (χ4v) is 5.38. The number of H-pyrrole nitrogens is 1. The van der Waals surface area contributed by atoms with E-state index in [0.717, 1.165) is 44.4 Å². The van der Waals surface area contributed by atoms with Gasteiger partial charge in [0.15, 0.2) is 0 Å². The summed E-state index contributed by atoms with van der Waals surface area (Å²) in [6, 6.07) is 13.7. The van der Waals surface area contributed by atoms with Gasteiger partial charge in [-0.2, -0.15) is 0 Å². The highest BCUT2D eigenvalue weighted by molar-refractivity contribution is 5.98. The molecule has 0 radical (unpaired) electrons.